The molecule has 2 aromatic rings. The summed E-state index contributed by atoms with van der Waals surface area (Å²) in [6, 6.07) is 9.99. The molecule has 0 bridgehead atoms. The molecule has 0 atom stereocenters. The first kappa shape index (κ1) is 14.8. The van der Waals surface area contributed by atoms with Crippen molar-refractivity contribution in [2.75, 3.05) is 17.7 Å². The molecule has 1 amide bonds. The summed E-state index contributed by atoms with van der Waals surface area (Å²) < 4.78 is 30.8. The second kappa shape index (κ2) is 6.69. The monoisotopic (exact) mass is 292 g/mol. The van der Waals surface area contributed by atoms with Crippen molar-refractivity contribution in [3.05, 3.63) is 54.1 Å². The second-order valence-corrected chi connectivity index (χ2v) is 4.35. The Labute approximate surface area is 120 Å². The van der Waals surface area contributed by atoms with E-state index in [1.165, 1.54) is 6.07 Å². The van der Waals surface area contributed by atoms with Crippen molar-refractivity contribution in [3.63, 3.8) is 0 Å². The van der Waals surface area contributed by atoms with Crippen molar-refractivity contribution in [3.8, 4) is 5.75 Å². The molecule has 2 rings (SSSR count). The van der Waals surface area contributed by atoms with Gasteiger partial charge in [-0.3, -0.25) is 4.79 Å². The lowest BCUT2D eigenvalue weighted by atomic mass is 10.2. The number of halogens is 2. The van der Waals surface area contributed by atoms with Gasteiger partial charge in [-0.2, -0.15) is 0 Å². The van der Waals surface area contributed by atoms with Crippen LogP contribution in [0, 0.1) is 11.6 Å². The summed E-state index contributed by atoms with van der Waals surface area (Å²) >= 11 is 0. The van der Waals surface area contributed by atoms with Crippen LogP contribution in [0.1, 0.15) is 6.42 Å². The molecule has 0 unspecified atom stereocenters. The van der Waals surface area contributed by atoms with Crippen LogP contribution in [0.3, 0.4) is 0 Å². The summed E-state index contributed by atoms with van der Waals surface area (Å²) in [5.74, 6) is -2.02. The molecule has 0 aliphatic carbocycles. The smallest absolute Gasteiger partial charge is 0.227 e. The highest BCUT2D eigenvalue weighted by atomic mass is 19.2. The standard InChI is InChI=1S/C15H14F2N2O2/c16-13-5-4-12(9-14(13)17)21-7-6-15(20)19-11-3-1-2-10(18)8-11/h1-5,8-9H,6-7,18H2,(H,19,20). The number of amides is 1. The van der Waals surface area contributed by atoms with E-state index in [-0.39, 0.29) is 24.7 Å². The molecular weight excluding hydrogens is 278 g/mol. The summed E-state index contributed by atoms with van der Waals surface area (Å²) in [5, 5.41) is 2.66. The zero-order valence-electron chi connectivity index (χ0n) is 11.1. The van der Waals surface area contributed by atoms with Crippen LogP contribution >= 0.6 is 0 Å². The van der Waals surface area contributed by atoms with Crippen molar-refractivity contribution in [1.82, 2.24) is 0 Å². The Morgan fingerprint density at radius 1 is 1.14 bits per heavy atom. The maximum atomic E-state index is 12.9. The fourth-order valence-corrected chi connectivity index (χ4v) is 1.67. The third-order valence-electron chi connectivity index (χ3n) is 2.66. The summed E-state index contributed by atoms with van der Waals surface area (Å²) in [6.45, 7) is 0.0548. The number of nitrogens with two attached hydrogens (primary N) is 1. The summed E-state index contributed by atoms with van der Waals surface area (Å²) in [5.41, 5.74) is 6.73. The van der Waals surface area contributed by atoms with Crippen LogP contribution in [0.15, 0.2) is 42.5 Å². The van der Waals surface area contributed by atoms with E-state index < -0.39 is 11.6 Å². The predicted molar refractivity (Wildman–Crippen MR) is 76.0 cm³/mol. The lowest BCUT2D eigenvalue weighted by Gasteiger charge is -2.08. The highest BCUT2D eigenvalue weighted by molar-refractivity contribution is 5.91. The summed E-state index contributed by atoms with van der Waals surface area (Å²) in [4.78, 5) is 11.7. The van der Waals surface area contributed by atoms with E-state index in [1.807, 2.05) is 0 Å². The fourth-order valence-electron chi connectivity index (χ4n) is 1.67. The molecule has 4 nitrogen and oxygen atoms in total. The van der Waals surface area contributed by atoms with Crippen molar-refractivity contribution in [2.45, 2.75) is 6.42 Å². The number of hydrogen-bond donors (Lipinski definition) is 2. The molecule has 0 saturated heterocycles. The van der Waals surface area contributed by atoms with Gasteiger partial charge in [-0.05, 0) is 30.3 Å². The van der Waals surface area contributed by atoms with Crippen LogP contribution in [-0.4, -0.2) is 12.5 Å². The Balaban J connectivity index is 1.80. The molecular formula is C15H14F2N2O2. The van der Waals surface area contributed by atoms with E-state index in [4.69, 9.17) is 10.5 Å². The Kier molecular flexibility index (Phi) is 4.71. The Morgan fingerprint density at radius 2 is 1.95 bits per heavy atom. The van der Waals surface area contributed by atoms with Gasteiger partial charge in [-0.25, -0.2) is 8.78 Å². The summed E-state index contributed by atoms with van der Waals surface area (Å²) in [6.07, 6.45) is 0.0772. The quantitative estimate of drug-likeness (QED) is 0.833. The average molecular weight is 292 g/mol. The predicted octanol–water partition coefficient (Wildman–Crippen LogP) is 2.95. The van der Waals surface area contributed by atoms with Crippen LogP contribution in [0.4, 0.5) is 20.2 Å². The Bertz CT molecular complexity index is 647. The van der Waals surface area contributed by atoms with Gasteiger partial charge in [0, 0.05) is 17.4 Å². The number of hydrogen-bond acceptors (Lipinski definition) is 3. The Hall–Kier alpha value is -2.63. The highest BCUT2D eigenvalue weighted by Crippen LogP contribution is 2.16. The van der Waals surface area contributed by atoms with Gasteiger partial charge in [0.2, 0.25) is 5.91 Å². The molecule has 0 aliphatic heterocycles. The largest absolute Gasteiger partial charge is 0.493 e. The van der Waals surface area contributed by atoms with Gasteiger partial charge < -0.3 is 15.8 Å². The van der Waals surface area contributed by atoms with Gasteiger partial charge in [0.1, 0.15) is 5.75 Å². The second-order valence-electron chi connectivity index (χ2n) is 4.35. The normalized spacial score (nSPS) is 10.2. The van der Waals surface area contributed by atoms with Gasteiger partial charge in [0.25, 0.3) is 0 Å². The van der Waals surface area contributed by atoms with E-state index in [0.29, 0.717) is 11.4 Å². The van der Waals surface area contributed by atoms with E-state index in [2.05, 4.69) is 5.32 Å². The third-order valence-corrected chi connectivity index (χ3v) is 2.66. The zero-order chi connectivity index (χ0) is 15.2. The maximum absolute atomic E-state index is 12.9. The first-order chi connectivity index (χ1) is 10.0. The minimum Gasteiger partial charge on any atom is -0.493 e. The first-order valence-corrected chi connectivity index (χ1v) is 6.28. The molecule has 2 aromatic carbocycles. The molecule has 0 saturated carbocycles. The number of ether oxygens (including phenoxy) is 1. The summed E-state index contributed by atoms with van der Waals surface area (Å²) in [7, 11) is 0. The number of carbonyl (C=O) groups excluding carboxylic acids is 1. The molecule has 3 N–H and O–H groups in total. The van der Waals surface area contributed by atoms with E-state index in [0.717, 1.165) is 12.1 Å². The van der Waals surface area contributed by atoms with Gasteiger partial charge in [0.05, 0.1) is 13.0 Å². The van der Waals surface area contributed by atoms with Gasteiger partial charge in [-0.15, -0.1) is 0 Å². The maximum Gasteiger partial charge on any atom is 0.227 e. The first-order valence-electron chi connectivity index (χ1n) is 6.28. The van der Waals surface area contributed by atoms with Crippen LogP contribution in [0.2, 0.25) is 0 Å². The lowest BCUT2D eigenvalue weighted by Crippen LogP contribution is -2.15. The van der Waals surface area contributed by atoms with E-state index in [1.54, 1.807) is 24.3 Å². The topological polar surface area (TPSA) is 64.3 Å². The van der Waals surface area contributed by atoms with E-state index in [9.17, 15) is 13.6 Å². The number of nitrogen functional groups attached to an aromatic ring is 1. The lowest BCUT2D eigenvalue weighted by molar-refractivity contribution is -0.116. The van der Waals surface area contributed by atoms with Crippen molar-refractivity contribution in [2.24, 2.45) is 0 Å². The SMILES string of the molecule is Nc1cccc(NC(=O)CCOc2ccc(F)c(F)c2)c1. The molecule has 0 heterocycles. The molecule has 6 heteroatoms. The van der Waals surface area contributed by atoms with Crippen LogP contribution in [0.25, 0.3) is 0 Å². The van der Waals surface area contributed by atoms with Crippen molar-refractivity contribution in [1.29, 1.82) is 0 Å². The number of benzene rings is 2. The van der Waals surface area contributed by atoms with Crippen LogP contribution < -0.4 is 15.8 Å². The third kappa shape index (κ3) is 4.45. The number of anilines is 2. The minimum absolute atomic E-state index is 0.0548. The van der Waals surface area contributed by atoms with Crippen LogP contribution in [0.5, 0.6) is 5.75 Å². The average Bonchev–Trinajstić information content (AvgIpc) is 2.43. The highest BCUT2D eigenvalue weighted by Gasteiger charge is 2.06. The number of nitrogens with one attached hydrogen (secondary N) is 1. The number of carbonyl (C=O) groups is 1. The molecule has 0 aromatic heterocycles. The van der Waals surface area contributed by atoms with Gasteiger partial charge in [-0.1, -0.05) is 6.07 Å². The molecule has 0 fully saturated rings. The van der Waals surface area contributed by atoms with Gasteiger partial charge in [0.15, 0.2) is 11.6 Å². The Morgan fingerprint density at radius 3 is 2.67 bits per heavy atom. The van der Waals surface area contributed by atoms with Crippen LogP contribution in [-0.2, 0) is 4.79 Å². The van der Waals surface area contributed by atoms with Crippen molar-refractivity contribution < 1.29 is 18.3 Å². The molecule has 0 aliphatic rings. The molecule has 0 radical (unpaired) electrons. The molecule has 110 valence electrons. The van der Waals surface area contributed by atoms with Crippen molar-refractivity contribution >= 4 is 17.3 Å². The zero-order valence-corrected chi connectivity index (χ0v) is 11.1. The van der Waals surface area contributed by atoms with Gasteiger partial charge >= 0.3 is 0 Å². The minimum atomic E-state index is -0.989. The molecule has 0 spiro atoms. The number of rotatable bonds is 5. The molecule has 21 heavy (non-hydrogen) atoms. The van der Waals surface area contributed by atoms with E-state index >= 15 is 0 Å². The fraction of sp³-hybridized carbons (Fsp3) is 0.133.